The number of hydrogen-bond acceptors (Lipinski definition) is 6. The number of halogens is 1. The minimum absolute atomic E-state index is 0.175. The van der Waals surface area contributed by atoms with Crippen LogP contribution in [0.3, 0.4) is 0 Å². The fourth-order valence-corrected chi connectivity index (χ4v) is 6.58. The number of fused-ring (bicyclic) bond motifs is 1. The van der Waals surface area contributed by atoms with Crippen LogP contribution in [-0.4, -0.2) is 60.3 Å². The summed E-state index contributed by atoms with van der Waals surface area (Å²) in [6.07, 6.45) is 2.99. The van der Waals surface area contributed by atoms with Crippen LogP contribution in [0.4, 0.5) is 0 Å². The third-order valence-corrected chi connectivity index (χ3v) is 8.40. The second-order valence-corrected chi connectivity index (χ2v) is 10.8. The lowest BCUT2D eigenvalue weighted by Gasteiger charge is -2.31. The summed E-state index contributed by atoms with van der Waals surface area (Å²) in [4.78, 5) is 28.0. The number of carboxylic acid groups (broad SMARTS) is 1. The Labute approximate surface area is 234 Å². The van der Waals surface area contributed by atoms with E-state index < -0.39 is 35.6 Å². The first-order valence-corrected chi connectivity index (χ1v) is 13.4. The predicted octanol–water partition coefficient (Wildman–Crippen LogP) is 3.92. The summed E-state index contributed by atoms with van der Waals surface area (Å²) in [5.74, 6) is -2.69. The number of benzene rings is 3. The summed E-state index contributed by atoms with van der Waals surface area (Å²) in [6, 6.07) is 25.9. The van der Waals surface area contributed by atoms with Gasteiger partial charge in [-0.15, -0.1) is 5.10 Å². The van der Waals surface area contributed by atoms with Gasteiger partial charge in [-0.25, -0.2) is 4.68 Å². The molecule has 3 aromatic carbocycles. The van der Waals surface area contributed by atoms with Gasteiger partial charge in [-0.2, -0.15) is 0 Å². The van der Waals surface area contributed by atoms with Gasteiger partial charge in [-0.1, -0.05) is 96.5 Å². The van der Waals surface area contributed by atoms with E-state index in [0.717, 1.165) is 16.7 Å². The van der Waals surface area contributed by atoms with Gasteiger partial charge in [0.15, 0.2) is 5.82 Å². The van der Waals surface area contributed by atoms with Crippen molar-refractivity contribution in [2.45, 2.75) is 23.8 Å². The van der Waals surface area contributed by atoms with E-state index in [1.807, 2.05) is 78.9 Å². The lowest BCUT2D eigenvalue weighted by atomic mass is 9.77. The summed E-state index contributed by atoms with van der Waals surface area (Å²) in [5, 5.41) is 23.5. The van der Waals surface area contributed by atoms with Crippen LogP contribution in [-0.2, 0) is 14.3 Å². The molecule has 4 heterocycles. The Morgan fingerprint density at radius 3 is 2.20 bits per heavy atom. The fraction of sp³-hybridized carbons (Fsp3) is 0.233. The average molecular weight is 554 g/mol. The first kappa shape index (κ1) is 24.7. The fourth-order valence-electron chi connectivity index (χ4n) is 6.45. The Balaban J connectivity index is 1.38. The van der Waals surface area contributed by atoms with E-state index in [1.54, 1.807) is 27.8 Å². The van der Waals surface area contributed by atoms with Crippen molar-refractivity contribution in [3.8, 4) is 0 Å². The number of tetrazole rings is 1. The largest absolute Gasteiger partial charge is 0.481 e. The summed E-state index contributed by atoms with van der Waals surface area (Å²) < 4.78 is 7.91. The Morgan fingerprint density at radius 1 is 0.950 bits per heavy atom. The van der Waals surface area contributed by atoms with Gasteiger partial charge in [0.2, 0.25) is 5.91 Å². The molecule has 4 aromatic rings. The molecule has 200 valence electrons. The normalized spacial score (nSPS) is 25.5. The molecule has 1 amide bonds. The lowest BCUT2D eigenvalue weighted by Crippen LogP contribution is -2.40. The highest BCUT2D eigenvalue weighted by Crippen LogP contribution is 2.54. The predicted molar refractivity (Wildman–Crippen MR) is 144 cm³/mol. The molecule has 0 unspecified atom stereocenters. The molecule has 5 atom stereocenters. The summed E-state index contributed by atoms with van der Waals surface area (Å²) in [6.45, 7) is 0.175. The number of amides is 1. The highest BCUT2D eigenvalue weighted by molar-refractivity contribution is 6.30. The number of carboxylic acids is 1. The van der Waals surface area contributed by atoms with E-state index in [4.69, 9.17) is 16.3 Å². The number of rotatable bonds is 7. The lowest BCUT2D eigenvalue weighted by molar-refractivity contribution is -0.148. The molecule has 0 radical (unpaired) electrons. The number of likely N-dealkylation sites (tertiary alicyclic amines) is 1. The van der Waals surface area contributed by atoms with Gasteiger partial charge < -0.3 is 14.7 Å². The van der Waals surface area contributed by atoms with Crippen molar-refractivity contribution in [3.05, 3.63) is 125 Å². The smallest absolute Gasteiger partial charge is 0.310 e. The van der Waals surface area contributed by atoms with Crippen molar-refractivity contribution in [1.82, 2.24) is 25.1 Å². The zero-order valence-electron chi connectivity index (χ0n) is 21.1. The van der Waals surface area contributed by atoms with Crippen LogP contribution in [0.25, 0.3) is 0 Å². The molecular weight excluding hydrogens is 530 g/mol. The maximum Gasteiger partial charge on any atom is 0.310 e. The minimum Gasteiger partial charge on any atom is -0.481 e. The molecule has 9 nitrogen and oxygen atoms in total. The van der Waals surface area contributed by atoms with E-state index in [9.17, 15) is 14.7 Å². The number of hydrogen-bond donors (Lipinski definition) is 1. The number of carbonyl (C=O) groups excluding carboxylic acids is 1. The van der Waals surface area contributed by atoms with Crippen molar-refractivity contribution in [2.24, 2.45) is 11.8 Å². The van der Waals surface area contributed by atoms with E-state index in [1.165, 1.54) is 0 Å². The first-order chi connectivity index (χ1) is 19.5. The summed E-state index contributed by atoms with van der Waals surface area (Å²) in [7, 11) is 0. The molecule has 2 bridgehead atoms. The Bertz CT molecular complexity index is 1570. The van der Waals surface area contributed by atoms with Gasteiger partial charge >= 0.3 is 5.97 Å². The Kier molecular flexibility index (Phi) is 5.80. The van der Waals surface area contributed by atoms with E-state index >= 15 is 0 Å². The molecule has 1 N–H and O–H groups in total. The number of aromatic nitrogens is 4. The zero-order chi connectivity index (χ0) is 27.4. The second kappa shape index (κ2) is 9.39. The first-order valence-electron chi connectivity index (χ1n) is 13.0. The number of carbonyl (C=O) groups is 2. The molecule has 40 heavy (non-hydrogen) atoms. The number of nitrogens with zero attached hydrogens (tertiary/aromatic N) is 5. The molecule has 10 heteroatoms. The minimum atomic E-state index is -1.04. The van der Waals surface area contributed by atoms with Crippen LogP contribution in [0.1, 0.15) is 34.6 Å². The molecule has 0 aliphatic carbocycles. The molecule has 2 fully saturated rings. The van der Waals surface area contributed by atoms with Crippen LogP contribution >= 0.6 is 11.6 Å². The Hall–Kier alpha value is -4.34. The Morgan fingerprint density at radius 2 is 1.57 bits per heavy atom. The van der Waals surface area contributed by atoms with Crippen LogP contribution in [0.2, 0.25) is 5.02 Å². The third-order valence-electron chi connectivity index (χ3n) is 8.15. The van der Waals surface area contributed by atoms with Gasteiger partial charge in [0.1, 0.15) is 23.6 Å². The van der Waals surface area contributed by atoms with Crippen molar-refractivity contribution in [1.29, 1.82) is 0 Å². The van der Waals surface area contributed by atoms with Crippen molar-refractivity contribution < 1.29 is 19.4 Å². The molecule has 3 aliphatic heterocycles. The number of ether oxygens (including phenoxy) is 1. The molecule has 3 aliphatic rings. The second-order valence-electron chi connectivity index (χ2n) is 10.4. The maximum absolute atomic E-state index is 14.1. The molecule has 2 saturated heterocycles. The maximum atomic E-state index is 14.1. The van der Waals surface area contributed by atoms with Gasteiger partial charge in [0.05, 0.1) is 18.6 Å². The van der Waals surface area contributed by atoms with Crippen molar-refractivity contribution in [2.75, 3.05) is 6.54 Å². The van der Waals surface area contributed by atoms with E-state index in [-0.39, 0.29) is 18.5 Å². The SMILES string of the molecule is O=C(O)[C@H]1[C@H]2C=C[C@]3(CN([C@@H](c4ccc(Cl)cc4)c4nnnn4C(c4ccccc4)c4ccccc4)C(=O)[C@@H]13)O2. The highest BCUT2D eigenvalue weighted by atomic mass is 35.5. The molecule has 0 saturated carbocycles. The van der Waals surface area contributed by atoms with Gasteiger partial charge in [-0.05, 0) is 39.2 Å². The highest BCUT2D eigenvalue weighted by Gasteiger charge is 2.68. The quantitative estimate of drug-likeness (QED) is 0.345. The van der Waals surface area contributed by atoms with Gasteiger partial charge in [0, 0.05) is 5.02 Å². The van der Waals surface area contributed by atoms with Crippen LogP contribution in [0.15, 0.2) is 97.1 Å². The monoisotopic (exact) mass is 553 g/mol. The topological polar surface area (TPSA) is 110 Å². The van der Waals surface area contributed by atoms with Crippen LogP contribution < -0.4 is 0 Å². The molecular formula is C30H24ClN5O4. The molecule has 1 spiro atoms. The average Bonchev–Trinajstić information content (AvgIpc) is 3.74. The standard InChI is InChI=1S/C30H24ClN5O4/c31-21-13-11-20(12-14-21)26(35-17-30-16-15-22(40-30)23(29(38)39)24(30)28(35)37)27-32-33-34-36(27)25(18-7-3-1-4-8-18)19-9-5-2-6-10-19/h1-16,22-26H,17H2,(H,38,39)/t22-,23+,24-,26+,30-/m1/s1. The van der Waals surface area contributed by atoms with Crippen LogP contribution in [0, 0.1) is 11.8 Å². The third kappa shape index (κ3) is 3.76. The van der Waals surface area contributed by atoms with Crippen LogP contribution in [0.5, 0.6) is 0 Å². The van der Waals surface area contributed by atoms with Crippen molar-refractivity contribution >= 4 is 23.5 Å². The zero-order valence-corrected chi connectivity index (χ0v) is 21.9. The van der Waals surface area contributed by atoms with Crippen molar-refractivity contribution in [3.63, 3.8) is 0 Å². The van der Waals surface area contributed by atoms with Gasteiger partial charge in [0.25, 0.3) is 0 Å². The number of aliphatic carboxylic acids is 1. The summed E-state index contributed by atoms with van der Waals surface area (Å²) >= 11 is 6.23. The van der Waals surface area contributed by atoms with E-state index in [0.29, 0.717) is 10.8 Å². The van der Waals surface area contributed by atoms with E-state index in [2.05, 4.69) is 15.5 Å². The molecule has 7 rings (SSSR count). The summed E-state index contributed by atoms with van der Waals surface area (Å²) in [5.41, 5.74) is 1.68. The molecule has 1 aromatic heterocycles. The van der Waals surface area contributed by atoms with Gasteiger partial charge in [-0.3, -0.25) is 9.59 Å².